The highest BCUT2D eigenvalue weighted by Crippen LogP contribution is 2.29. The number of carbonyl (C=O) groups is 2. The van der Waals surface area contributed by atoms with E-state index >= 15 is 0 Å². The second kappa shape index (κ2) is 5.36. The van der Waals surface area contributed by atoms with Gasteiger partial charge in [0.1, 0.15) is 17.6 Å². The molecule has 1 atom stereocenters. The summed E-state index contributed by atoms with van der Waals surface area (Å²) in [6.07, 6.45) is 1.52. The summed E-state index contributed by atoms with van der Waals surface area (Å²) in [5.74, 6) is 0.364. The number of rotatable bonds is 3. The van der Waals surface area contributed by atoms with E-state index in [2.05, 4.69) is 15.9 Å². The number of ether oxygens (including phenoxy) is 1. The van der Waals surface area contributed by atoms with Gasteiger partial charge in [0.05, 0.1) is 4.47 Å². The molecule has 5 nitrogen and oxygen atoms in total. The molecule has 1 aromatic rings. The Morgan fingerprint density at radius 1 is 1.42 bits per heavy atom. The molecule has 0 bridgehead atoms. The lowest BCUT2D eigenvalue weighted by Crippen LogP contribution is -2.48. The van der Waals surface area contributed by atoms with E-state index in [4.69, 9.17) is 9.15 Å². The number of hydrogen-bond donors (Lipinski definition) is 0. The predicted octanol–water partition coefficient (Wildman–Crippen LogP) is 3.32. The monoisotopic (exact) mass is 331 g/mol. The van der Waals surface area contributed by atoms with Gasteiger partial charge >= 0.3 is 6.09 Å². The molecule has 0 N–H and O–H groups in total. The normalized spacial score (nSPS) is 14.6. The Morgan fingerprint density at radius 3 is 2.37 bits per heavy atom. The lowest BCUT2D eigenvalue weighted by atomic mass is 9.99. The molecule has 1 amide bonds. The van der Waals surface area contributed by atoms with Gasteiger partial charge in [0.2, 0.25) is 0 Å². The van der Waals surface area contributed by atoms with E-state index in [0.29, 0.717) is 16.5 Å². The highest BCUT2D eigenvalue weighted by Gasteiger charge is 2.39. The third-order valence-corrected chi connectivity index (χ3v) is 3.08. The fourth-order valence-electron chi connectivity index (χ4n) is 1.40. The quantitative estimate of drug-likeness (QED) is 0.797. The molecule has 0 saturated carbocycles. The van der Waals surface area contributed by atoms with Gasteiger partial charge in [0.25, 0.3) is 0 Å². The number of carbonyl (C=O) groups excluding carboxylic acids is 2. The fourth-order valence-corrected chi connectivity index (χ4v) is 1.70. The van der Waals surface area contributed by atoms with Gasteiger partial charge < -0.3 is 13.9 Å². The van der Waals surface area contributed by atoms with Crippen LogP contribution in [0.25, 0.3) is 0 Å². The fraction of sp³-hybridized carbons (Fsp3) is 0.538. The van der Waals surface area contributed by atoms with Crippen molar-refractivity contribution in [3.63, 3.8) is 0 Å². The first-order chi connectivity index (χ1) is 8.60. The van der Waals surface area contributed by atoms with Crippen molar-refractivity contribution in [3.8, 4) is 0 Å². The average molecular weight is 332 g/mol. The van der Waals surface area contributed by atoms with Gasteiger partial charge in [-0.05, 0) is 49.7 Å². The van der Waals surface area contributed by atoms with Crippen LogP contribution in [0.15, 0.2) is 21.2 Å². The van der Waals surface area contributed by atoms with Gasteiger partial charge in [0.15, 0.2) is 11.8 Å². The lowest BCUT2D eigenvalue weighted by Gasteiger charge is -2.33. The van der Waals surface area contributed by atoms with Gasteiger partial charge in [-0.2, -0.15) is 0 Å². The SMILES string of the molecule is CN(C(=O)OC(C)(C)C)C(C)(C=O)c1cc(Br)co1. The maximum Gasteiger partial charge on any atom is 0.411 e. The summed E-state index contributed by atoms with van der Waals surface area (Å²) in [6, 6.07) is 1.65. The molecule has 19 heavy (non-hydrogen) atoms. The van der Waals surface area contributed by atoms with Gasteiger partial charge in [0, 0.05) is 7.05 Å². The van der Waals surface area contributed by atoms with Crippen LogP contribution in [0.3, 0.4) is 0 Å². The molecule has 1 aromatic heterocycles. The number of nitrogens with zero attached hydrogens (tertiary/aromatic N) is 1. The van der Waals surface area contributed by atoms with Crippen molar-refractivity contribution in [2.45, 2.75) is 38.8 Å². The minimum absolute atomic E-state index is 0.364. The summed E-state index contributed by atoms with van der Waals surface area (Å²) in [5, 5.41) is 0. The van der Waals surface area contributed by atoms with Crippen LogP contribution >= 0.6 is 15.9 Å². The van der Waals surface area contributed by atoms with Crippen LogP contribution in [-0.4, -0.2) is 29.9 Å². The van der Waals surface area contributed by atoms with E-state index in [0.717, 1.165) is 0 Å². The molecule has 0 saturated heterocycles. The van der Waals surface area contributed by atoms with Gasteiger partial charge in [-0.15, -0.1) is 0 Å². The highest BCUT2D eigenvalue weighted by atomic mass is 79.9. The summed E-state index contributed by atoms with van der Waals surface area (Å²) in [5.41, 5.74) is -1.84. The first kappa shape index (κ1) is 15.8. The summed E-state index contributed by atoms with van der Waals surface area (Å²) >= 11 is 3.24. The number of aldehydes is 1. The zero-order valence-electron chi connectivity index (χ0n) is 11.7. The van der Waals surface area contributed by atoms with E-state index in [1.54, 1.807) is 33.8 Å². The van der Waals surface area contributed by atoms with Crippen LogP contribution in [-0.2, 0) is 15.1 Å². The zero-order valence-corrected chi connectivity index (χ0v) is 13.3. The Balaban J connectivity index is 3.02. The van der Waals surface area contributed by atoms with Gasteiger partial charge in [-0.25, -0.2) is 4.79 Å². The van der Waals surface area contributed by atoms with Gasteiger partial charge in [-0.1, -0.05) is 0 Å². The van der Waals surface area contributed by atoms with Crippen molar-refractivity contribution >= 4 is 28.3 Å². The number of amides is 1. The molecule has 0 radical (unpaired) electrons. The number of likely N-dealkylation sites (N-methyl/N-ethyl adjacent to an activating group) is 1. The largest absolute Gasteiger partial charge is 0.465 e. The average Bonchev–Trinajstić information content (AvgIpc) is 2.72. The maximum absolute atomic E-state index is 12.0. The molecule has 106 valence electrons. The molecular weight excluding hydrogens is 314 g/mol. The van der Waals surface area contributed by atoms with Gasteiger partial charge in [-0.3, -0.25) is 4.90 Å². The Hall–Kier alpha value is -1.30. The Labute approximate surface area is 121 Å². The second-order valence-electron chi connectivity index (χ2n) is 5.43. The van der Waals surface area contributed by atoms with Crippen molar-refractivity contribution in [1.29, 1.82) is 0 Å². The van der Waals surface area contributed by atoms with Crippen molar-refractivity contribution in [2.75, 3.05) is 7.05 Å². The van der Waals surface area contributed by atoms with Crippen molar-refractivity contribution in [1.82, 2.24) is 4.90 Å². The molecule has 1 rings (SSSR count). The molecule has 0 aromatic carbocycles. The predicted molar refractivity (Wildman–Crippen MR) is 73.8 cm³/mol. The van der Waals surface area contributed by atoms with E-state index < -0.39 is 17.2 Å². The minimum atomic E-state index is -1.21. The smallest absolute Gasteiger partial charge is 0.411 e. The topological polar surface area (TPSA) is 59.8 Å². The Morgan fingerprint density at radius 2 is 2.00 bits per heavy atom. The number of halogens is 1. The summed E-state index contributed by atoms with van der Waals surface area (Å²) in [7, 11) is 1.50. The molecule has 0 aliphatic heterocycles. The maximum atomic E-state index is 12.0. The molecule has 0 spiro atoms. The van der Waals surface area contributed by atoms with E-state index in [1.807, 2.05) is 0 Å². The molecule has 6 heteroatoms. The Bertz CT molecular complexity index is 477. The van der Waals surface area contributed by atoms with Crippen LogP contribution in [0.1, 0.15) is 33.5 Å². The highest BCUT2D eigenvalue weighted by molar-refractivity contribution is 9.10. The number of hydrogen-bond acceptors (Lipinski definition) is 4. The lowest BCUT2D eigenvalue weighted by molar-refractivity contribution is -0.118. The van der Waals surface area contributed by atoms with E-state index in [9.17, 15) is 9.59 Å². The summed E-state index contributed by atoms with van der Waals surface area (Å²) in [4.78, 5) is 24.7. The van der Waals surface area contributed by atoms with Crippen LogP contribution < -0.4 is 0 Å². The molecular formula is C13H18BrNO4. The Kier molecular flexibility index (Phi) is 4.45. The van der Waals surface area contributed by atoms with Crippen molar-refractivity contribution < 1.29 is 18.7 Å². The summed E-state index contributed by atoms with van der Waals surface area (Å²) in [6.45, 7) is 6.89. The minimum Gasteiger partial charge on any atom is -0.465 e. The molecule has 0 aliphatic carbocycles. The third-order valence-electron chi connectivity index (χ3n) is 2.66. The first-order valence-corrected chi connectivity index (χ1v) is 6.57. The van der Waals surface area contributed by atoms with E-state index in [-0.39, 0.29) is 0 Å². The zero-order chi connectivity index (χ0) is 14.8. The van der Waals surface area contributed by atoms with Crippen molar-refractivity contribution in [2.24, 2.45) is 0 Å². The van der Waals surface area contributed by atoms with Crippen molar-refractivity contribution in [3.05, 3.63) is 22.6 Å². The van der Waals surface area contributed by atoms with E-state index in [1.165, 1.54) is 18.2 Å². The molecule has 1 unspecified atom stereocenters. The summed E-state index contributed by atoms with van der Waals surface area (Å²) < 4.78 is 11.2. The van der Waals surface area contributed by atoms with Crippen LogP contribution in [0.5, 0.6) is 0 Å². The molecule has 0 aliphatic rings. The number of furan rings is 1. The first-order valence-electron chi connectivity index (χ1n) is 5.78. The van der Waals surface area contributed by atoms with Crippen LogP contribution in [0, 0.1) is 0 Å². The van der Waals surface area contributed by atoms with Crippen LogP contribution in [0.2, 0.25) is 0 Å². The second-order valence-corrected chi connectivity index (χ2v) is 6.35. The molecule has 1 heterocycles. The third kappa shape index (κ3) is 3.59. The standard InChI is InChI=1S/C13H18BrNO4/c1-12(2,3)19-11(17)15(5)13(4,8-16)10-6-9(14)7-18-10/h6-8H,1-5H3. The van der Waals surface area contributed by atoms with Crippen LogP contribution in [0.4, 0.5) is 4.79 Å². The molecule has 0 fully saturated rings.